The van der Waals surface area contributed by atoms with E-state index in [-0.39, 0.29) is 0 Å². The highest BCUT2D eigenvalue weighted by Gasteiger charge is 2.29. The minimum atomic E-state index is 0.334. The molecule has 0 spiro atoms. The minimum Gasteiger partial charge on any atom is -0.327 e. The molecule has 1 aliphatic carbocycles. The minimum absolute atomic E-state index is 0.334. The van der Waals surface area contributed by atoms with Crippen molar-refractivity contribution in [1.29, 1.82) is 0 Å². The fraction of sp³-hybridized carbons (Fsp3) is 0.750. The summed E-state index contributed by atoms with van der Waals surface area (Å²) in [7, 11) is 2.01. The van der Waals surface area contributed by atoms with Crippen LogP contribution in [0.25, 0.3) is 0 Å². The topological polar surface area (TPSA) is 43.8 Å². The van der Waals surface area contributed by atoms with Crippen molar-refractivity contribution in [3.8, 4) is 0 Å². The number of aromatic nitrogens is 2. The maximum absolute atomic E-state index is 6.12. The Balaban J connectivity index is 2.06. The molecule has 0 amide bonds. The van der Waals surface area contributed by atoms with Crippen molar-refractivity contribution in [2.75, 3.05) is 0 Å². The number of aryl methyl sites for hydroxylation is 1. The van der Waals surface area contributed by atoms with Gasteiger partial charge >= 0.3 is 0 Å². The van der Waals surface area contributed by atoms with E-state index in [0.29, 0.717) is 12.0 Å². The van der Waals surface area contributed by atoms with Crippen molar-refractivity contribution in [2.45, 2.75) is 45.1 Å². The summed E-state index contributed by atoms with van der Waals surface area (Å²) in [6.45, 7) is 4.35. The van der Waals surface area contributed by atoms with Crippen molar-refractivity contribution >= 4 is 0 Å². The molecular weight excluding hydrogens is 186 g/mol. The van der Waals surface area contributed by atoms with Crippen molar-refractivity contribution in [3.05, 3.63) is 17.5 Å². The molecule has 1 atom stereocenters. The van der Waals surface area contributed by atoms with Gasteiger partial charge < -0.3 is 5.73 Å². The Bertz CT molecular complexity index is 337. The van der Waals surface area contributed by atoms with Gasteiger partial charge in [0.05, 0.1) is 5.69 Å². The molecule has 2 N–H and O–H groups in total. The van der Waals surface area contributed by atoms with Gasteiger partial charge in [-0.3, -0.25) is 4.68 Å². The van der Waals surface area contributed by atoms with E-state index < -0.39 is 0 Å². The van der Waals surface area contributed by atoms with Crippen molar-refractivity contribution in [2.24, 2.45) is 18.7 Å². The molecule has 3 heteroatoms. The number of nitrogens with two attached hydrogens (primary N) is 1. The van der Waals surface area contributed by atoms with E-state index in [9.17, 15) is 0 Å². The Morgan fingerprint density at radius 2 is 2.20 bits per heavy atom. The number of nitrogens with zero attached hydrogens (tertiary/aromatic N) is 2. The van der Waals surface area contributed by atoms with Crippen LogP contribution in [-0.4, -0.2) is 15.8 Å². The van der Waals surface area contributed by atoms with E-state index in [2.05, 4.69) is 25.0 Å². The van der Waals surface area contributed by atoms with E-state index >= 15 is 0 Å². The van der Waals surface area contributed by atoms with Gasteiger partial charge in [-0.05, 0) is 30.7 Å². The van der Waals surface area contributed by atoms with Gasteiger partial charge in [0, 0.05) is 25.2 Å². The largest absolute Gasteiger partial charge is 0.327 e. The molecule has 84 valence electrons. The summed E-state index contributed by atoms with van der Waals surface area (Å²) in [4.78, 5) is 0. The van der Waals surface area contributed by atoms with Gasteiger partial charge in [-0.25, -0.2) is 0 Å². The average molecular weight is 207 g/mol. The van der Waals surface area contributed by atoms with Crippen molar-refractivity contribution in [3.63, 3.8) is 0 Å². The van der Waals surface area contributed by atoms with Crippen LogP contribution in [0, 0.1) is 5.92 Å². The second kappa shape index (κ2) is 3.97. The van der Waals surface area contributed by atoms with E-state index in [1.807, 2.05) is 11.7 Å². The first-order valence-electron chi connectivity index (χ1n) is 5.86. The molecule has 0 bridgehead atoms. The fourth-order valence-electron chi connectivity index (χ4n) is 1.94. The van der Waals surface area contributed by atoms with Gasteiger partial charge in [0.15, 0.2) is 0 Å². The van der Waals surface area contributed by atoms with Crippen LogP contribution in [0.15, 0.2) is 6.07 Å². The molecule has 1 aromatic heterocycles. The highest BCUT2D eigenvalue weighted by Crippen LogP contribution is 2.33. The van der Waals surface area contributed by atoms with Gasteiger partial charge in [0.25, 0.3) is 0 Å². The highest BCUT2D eigenvalue weighted by atomic mass is 15.3. The SMILES string of the molecule is CC(C)c1cc(CC(N)C2CC2)n(C)n1. The summed E-state index contributed by atoms with van der Waals surface area (Å²) < 4.78 is 1.98. The van der Waals surface area contributed by atoms with Gasteiger partial charge in [0.1, 0.15) is 0 Å². The van der Waals surface area contributed by atoms with E-state index in [0.717, 1.165) is 12.3 Å². The zero-order valence-electron chi connectivity index (χ0n) is 9.90. The summed E-state index contributed by atoms with van der Waals surface area (Å²) in [5.74, 6) is 1.27. The van der Waals surface area contributed by atoms with E-state index in [1.165, 1.54) is 24.2 Å². The quantitative estimate of drug-likeness (QED) is 0.818. The van der Waals surface area contributed by atoms with Crippen molar-refractivity contribution < 1.29 is 0 Å². The van der Waals surface area contributed by atoms with Crippen LogP contribution in [0.2, 0.25) is 0 Å². The van der Waals surface area contributed by atoms with Crippen molar-refractivity contribution in [1.82, 2.24) is 9.78 Å². The number of rotatable bonds is 4. The van der Waals surface area contributed by atoms with Gasteiger partial charge in [-0.15, -0.1) is 0 Å². The lowest BCUT2D eigenvalue weighted by Crippen LogP contribution is -2.26. The summed E-state index contributed by atoms with van der Waals surface area (Å²) in [5.41, 5.74) is 8.58. The lowest BCUT2D eigenvalue weighted by Gasteiger charge is -2.09. The standard InChI is InChI=1S/C12H21N3/c1-8(2)12-7-10(15(3)14-12)6-11(13)9-4-5-9/h7-9,11H,4-6,13H2,1-3H3. The summed E-state index contributed by atoms with van der Waals surface area (Å²) in [6, 6.07) is 2.54. The molecule has 0 saturated heterocycles. The summed E-state index contributed by atoms with van der Waals surface area (Å²) in [5, 5.41) is 4.50. The van der Waals surface area contributed by atoms with Crippen LogP contribution < -0.4 is 5.73 Å². The van der Waals surface area contributed by atoms with Crippen LogP contribution in [0.3, 0.4) is 0 Å². The van der Waals surface area contributed by atoms with E-state index in [4.69, 9.17) is 5.73 Å². The number of hydrogen-bond acceptors (Lipinski definition) is 2. The Labute approximate surface area is 91.7 Å². The second-order valence-corrected chi connectivity index (χ2v) is 5.04. The van der Waals surface area contributed by atoms with Gasteiger partial charge in [0.2, 0.25) is 0 Å². The van der Waals surface area contributed by atoms with E-state index in [1.54, 1.807) is 0 Å². The predicted molar refractivity (Wildman–Crippen MR) is 61.7 cm³/mol. The molecule has 1 heterocycles. The van der Waals surface area contributed by atoms with Gasteiger partial charge in [-0.2, -0.15) is 5.10 Å². The third-order valence-electron chi connectivity index (χ3n) is 3.26. The summed E-state index contributed by atoms with van der Waals surface area (Å²) in [6.07, 6.45) is 3.60. The van der Waals surface area contributed by atoms with Crippen LogP contribution in [-0.2, 0) is 13.5 Å². The molecular formula is C12H21N3. The van der Waals surface area contributed by atoms with Crippen LogP contribution in [0.5, 0.6) is 0 Å². The fourth-order valence-corrected chi connectivity index (χ4v) is 1.94. The maximum Gasteiger partial charge on any atom is 0.0652 e. The molecule has 1 fully saturated rings. The lowest BCUT2D eigenvalue weighted by atomic mass is 10.1. The smallest absolute Gasteiger partial charge is 0.0652 e. The highest BCUT2D eigenvalue weighted by molar-refractivity contribution is 5.15. The number of hydrogen-bond donors (Lipinski definition) is 1. The Morgan fingerprint density at radius 1 is 1.53 bits per heavy atom. The third kappa shape index (κ3) is 2.40. The first-order chi connectivity index (χ1) is 7.08. The molecule has 2 rings (SSSR count). The Hall–Kier alpha value is -0.830. The average Bonchev–Trinajstić information content (AvgIpc) is 2.93. The molecule has 1 unspecified atom stereocenters. The monoisotopic (exact) mass is 207 g/mol. The van der Waals surface area contributed by atoms with Crippen LogP contribution in [0.4, 0.5) is 0 Å². The zero-order chi connectivity index (χ0) is 11.0. The zero-order valence-corrected chi connectivity index (χ0v) is 9.90. The predicted octanol–water partition coefficient (Wildman–Crippen LogP) is 1.82. The maximum atomic E-state index is 6.12. The molecule has 0 aromatic carbocycles. The Morgan fingerprint density at radius 3 is 2.67 bits per heavy atom. The molecule has 1 aromatic rings. The molecule has 1 saturated carbocycles. The van der Waals surface area contributed by atoms with Crippen LogP contribution >= 0.6 is 0 Å². The lowest BCUT2D eigenvalue weighted by molar-refractivity contribution is 0.561. The third-order valence-corrected chi connectivity index (χ3v) is 3.26. The molecule has 3 nitrogen and oxygen atoms in total. The van der Waals surface area contributed by atoms with Crippen LogP contribution in [0.1, 0.15) is 44.0 Å². The Kier molecular flexibility index (Phi) is 2.83. The second-order valence-electron chi connectivity index (χ2n) is 5.04. The van der Waals surface area contributed by atoms with Gasteiger partial charge in [-0.1, -0.05) is 13.8 Å². The molecule has 15 heavy (non-hydrogen) atoms. The summed E-state index contributed by atoms with van der Waals surface area (Å²) >= 11 is 0. The normalized spacial score (nSPS) is 18.5. The molecule has 0 aliphatic heterocycles. The molecule has 0 radical (unpaired) electrons. The molecule has 1 aliphatic rings. The first kappa shape index (κ1) is 10.7. The first-order valence-corrected chi connectivity index (χ1v) is 5.86.